The highest BCUT2D eigenvalue weighted by atomic mass is 16.6. The van der Waals surface area contributed by atoms with Gasteiger partial charge in [-0.15, -0.1) is 0 Å². The number of aliphatic hydroxyl groups is 1. The average molecular weight is 246 g/mol. The monoisotopic (exact) mass is 246 g/mol. The van der Waals surface area contributed by atoms with Crippen LogP contribution in [0.4, 0.5) is 0 Å². The van der Waals surface area contributed by atoms with Gasteiger partial charge in [0.2, 0.25) is 5.91 Å². The van der Waals surface area contributed by atoms with Gasteiger partial charge in [0.15, 0.2) is 0 Å². The number of rotatable bonds is 10. The highest BCUT2D eigenvalue weighted by molar-refractivity contribution is 4.73. The van der Waals surface area contributed by atoms with Crippen LogP contribution < -0.4 is 0 Å². The molecule has 0 heterocycles. The van der Waals surface area contributed by atoms with E-state index in [-0.39, 0.29) is 0 Å². The number of nitrogens with zero attached hydrogens (tertiary/aromatic N) is 2. The first-order valence-corrected chi connectivity index (χ1v) is 6.91. The Labute approximate surface area is 107 Å². The summed E-state index contributed by atoms with van der Waals surface area (Å²) >= 11 is 0. The molecule has 0 aliphatic carbocycles. The molecule has 0 saturated heterocycles. The summed E-state index contributed by atoms with van der Waals surface area (Å²) in [6, 6.07) is 0. The first-order valence-electron chi connectivity index (χ1n) is 6.91. The van der Waals surface area contributed by atoms with E-state index >= 15 is 0 Å². The van der Waals surface area contributed by atoms with E-state index in [0.717, 1.165) is 32.6 Å². The molecule has 17 heavy (non-hydrogen) atoms. The Kier molecular flexibility index (Phi) is 8.78. The fraction of sp³-hybridized carbons (Fsp3) is 1.00. The van der Waals surface area contributed by atoms with E-state index in [2.05, 4.69) is 18.7 Å². The lowest BCUT2D eigenvalue weighted by atomic mass is 10.3. The molecule has 0 rings (SSSR count). The third-order valence-electron chi connectivity index (χ3n) is 3.05. The molecule has 1 N–H and O–H groups in total. The van der Waals surface area contributed by atoms with E-state index in [9.17, 15) is 5.11 Å². The molecular weight excluding hydrogens is 216 g/mol. The molecule has 0 fully saturated rings. The predicted octanol–water partition coefficient (Wildman–Crippen LogP) is 1.74. The quantitative estimate of drug-likeness (QED) is 0.596. The van der Waals surface area contributed by atoms with Crippen molar-refractivity contribution < 1.29 is 9.84 Å². The predicted molar refractivity (Wildman–Crippen MR) is 71.9 cm³/mol. The van der Waals surface area contributed by atoms with Crippen molar-refractivity contribution in [1.82, 2.24) is 9.80 Å². The minimum Gasteiger partial charge on any atom is -0.352 e. The second-order valence-electron chi connectivity index (χ2n) is 4.22. The molecular formula is C13H30N2O2. The fourth-order valence-electron chi connectivity index (χ4n) is 2.14. The topological polar surface area (TPSA) is 35.9 Å². The van der Waals surface area contributed by atoms with Crippen LogP contribution in [-0.4, -0.2) is 60.1 Å². The van der Waals surface area contributed by atoms with Crippen molar-refractivity contribution in [3.05, 3.63) is 0 Å². The maximum absolute atomic E-state index is 10.7. The smallest absolute Gasteiger partial charge is 0.240 e. The Bertz CT molecular complexity index is 186. The third kappa shape index (κ3) is 5.34. The largest absolute Gasteiger partial charge is 0.352 e. The van der Waals surface area contributed by atoms with Gasteiger partial charge in [0, 0.05) is 19.7 Å². The molecule has 0 aromatic carbocycles. The zero-order valence-electron chi connectivity index (χ0n) is 12.2. The lowest BCUT2D eigenvalue weighted by Crippen LogP contribution is -2.57. The molecule has 0 aromatic rings. The van der Waals surface area contributed by atoms with Crippen molar-refractivity contribution in [2.75, 3.05) is 39.3 Å². The van der Waals surface area contributed by atoms with Crippen molar-refractivity contribution >= 4 is 0 Å². The van der Waals surface area contributed by atoms with Crippen LogP contribution in [0, 0.1) is 0 Å². The Hall–Kier alpha value is -0.160. The van der Waals surface area contributed by atoms with Crippen molar-refractivity contribution in [2.24, 2.45) is 0 Å². The third-order valence-corrected chi connectivity index (χ3v) is 3.05. The first kappa shape index (κ1) is 16.8. The SMILES string of the molecule is CCCN(CC)CC(O)(OCC)N(CC)CC. The molecule has 0 bridgehead atoms. The number of hydrogen-bond acceptors (Lipinski definition) is 4. The van der Waals surface area contributed by atoms with Crippen LogP contribution >= 0.6 is 0 Å². The zero-order chi connectivity index (χ0) is 13.3. The molecule has 0 aliphatic rings. The van der Waals surface area contributed by atoms with E-state index in [0.29, 0.717) is 13.2 Å². The molecule has 0 radical (unpaired) electrons. The molecule has 0 aromatic heterocycles. The molecule has 1 unspecified atom stereocenters. The van der Waals surface area contributed by atoms with E-state index in [1.807, 2.05) is 25.7 Å². The summed E-state index contributed by atoms with van der Waals surface area (Å²) in [6.07, 6.45) is 1.09. The molecule has 104 valence electrons. The number of hydrogen-bond donors (Lipinski definition) is 1. The van der Waals surface area contributed by atoms with Crippen LogP contribution in [0.3, 0.4) is 0 Å². The summed E-state index contributed by atoms with van der Waals surface area (Å²) in [5, 5.41) is 10.7. The molecule has 0 aliphatic heterocycles. The van der Waals surface area contributed by atoms with Crippen LogP contribution in [0.25, 0.3) is 0 Å². The van der Waals surface area contributed by atoms with Crippen LogP contribution in [0.2, 0.25) is 0 Å². The van der Waals surface area contributed by atoms with Crippen molar-refractivity contribution in [2.45, 2.75) is 47.0 Å². The fourth-order valence-corrected chi connectivity index (χ4v) is 2.14. The Balaban J connectivity index is 4.67. The van der Waals surface area contributed by atoms with Gasteiger partial charge in [0.05, 0.1) is 6.54 Å². The van der Waals surface area contributed by atoms with Crippen LogP contribution in [0.5, 0.6) is 0 Å². The summed E-state index contributed by atoms with van der Waals surface area (Å²) in [5.74, 6) is -1.15. The summed E-state index contributed by atoms with van der Waals surface area (Å²) in [7, 11) is 0. The summed E-state index contributed by atoms with van der Waals surface area (Å²) in [5.41, 5.74) is 0. The number of ether oxygens (including phenoxy) is 1. The van der Waals surface area contributed by atoms with Gasteiger partial charge in [-0.05, 0) is 26.4 Å². The van der Waals surface area contributed by atoms with Gasteiger partial charge in [-0.2, -0.15) is 0 Å². The van der Waals surface area contributed by atoms with Crippen molar-refractivity contribution in [1.29, 1.82) is 0 Å². The van der Waals surface area contributed by atoms with Crippen LogP contribution in [0.15, 0.2) is 0 Å². The second-order valence-corrected chi connectivity index (χ2v) is 4.22. The molecule has 4 heteroatoms. The van der Waals surface area contributed by atoms with Crippen molar-refractivity contribution in [3.8, 4) is 0 Å². The Morgan fingerprint density at radius 2 is 1.59 bits per heavy atom. The molecule has 0 amide bonds. The minimum atomic E-state index is -1.15. The highest BCUT2D eigenvalue weighted by Gasteiger charge is 2.35. The highest BCUT2D eigenvalue weighted by Crippen LogP contribution is 2.16. The van der Waals surface area contributed by atoms with E-state index < -0.39 is 5.91 Å². The maximum atomic E-state index is 10.7. The van der Waals surface area contributed by atoms with E-state index in [4.69, 9.17) is 4.74 Å². The van der Waals surface area contributed by atoms with E-state index in [1.54, 1.807) is 0 Å². The zero-order valence-corrected chi connectivity index (χ0v) is 12.2. The second kappa shape index (κ2) is 8.86. The van der Waals surface area contributed by atoms with Crippen LogP contribution in [0.1, 0.15) is 41.0 Å². The molecule has 0 saturated carbocycles. The van der Waals surface area contributed by atoms with Gasteiger partial charge in [-0.1, -0.05) is 27.7 Å². The van der Waals surface area contributed by atoms with Gasteiger partial charge in [-0.25, -0.2) is 0 Å². The Morgan fingerprint density at radius 3 is 1.94 bits per heavy atom. The standard InChI is InChI=1S/C13H30N2O2/c1-6-11-14(7-2)12-13(16,17-10-5)15(8-3)9-4/h16H,6-12H2,1-5H3. The van der Waals surface area contributed by atoms with Gasteiger partial charge < -0.3 is 9.84 Å². The van der Waals surface area contributed by atoms with Gasteiger partial charge >= 0.3 is 0 Å². The van der Waals surface area contributed by atoms with Gasteiger partial charge in [0.25, 0.3) is 0 Å². The molecule has 4 nitrogen and oxygen atoms in total. The summed E-state index contributed by atoms with van der Waals surface area (Å²) < 4.78 is 5.59. The van der Waals surface area contributed by atoms with Gasteiger partial charge in [0.1, 0.15) is 0 Å². The van der Waals surface area contributed by atoms with Crippen molar-refractivity contribution in [3.63, 3.8) is 0 Å². The lowest BCUT2D eigenvalue weighted by molar-refractivity contribution is -0.296. The van der Waals surface area contributed by atoms with Gasteiger partial charge in [-0.3, -0.25) is 9.80 Å². The Morgan fingerprint density at radius 1 is 1.00 bits per heavy atom. The van der Waals surface area contributed by atoms with Crippen LogP contribution in [-0.2, 0) is 4.74 Å². The average Bonchev–Trinajstić information content (AvgIpc) is 2.30. The summed E-state index contributed by atoms with van der Waals surface area (Å²) in [4.78, 5) is 4.20. The first-order chi connectivity index (χ1) is 8.07. The van der Waals surface area contributed by atoms with E-state index in [1.165, 1.54) is 0 Å². The summed E-state index contributed by atoms with van der Waals surface area (Å²) in [6.45, 7) is 14.9. The molecule has 1 atom stereocenters. The molecule has 0 spiro atoms. The lowest BCUT2D eigenvalue weighted by Gasteiger charge is -2.40. The maximum Gasteiger partial charge on any atom is 0.240 e. The normalized spacial score (nSPS) is 15.5. The minimum absolute atomic E-state index is 0.524. The number of likely N-dealkylation sites (N-methyl/N-ethyl adjacent to an activating group) is 2.